The Morgan fingerprint density at radius 2 is 1.78 bits per heavy atom. The molecule has 3 nitrogen and oxygen atoms in total. The number of carbonyl (C=O) groups excluding carboxylic acids is 1. The van der Waals surface area contributed by atoms with E-state index in [0.29, 0.717) is 5.75 Å². The number of hydrogen-bond donors (Lipinski definition) is 1. The Morgan fingerprint density at radius 3 is 2.44 bits per heavy atom. The Labute approximate surface area is 167 Å². The maximum absolute atomic E-state index is 12.4. The van der Waals surface area contributed by atoms with Gasteiger partial charge in [-0.25, -0.2) is 0 Å². The van der Waals surface area contributed by atoms with Crippen molar-refractivity contribution in [2.75, 3.05) is 6.61 Å². The molecule has 144 valence electrons. The molecule has 27 heavy (non-hydrogen) atoms. The van der Waals surface area contributed by atoms with E-state index in [1.165, 1.54) is 36.0 Å². The third-order valence-corrected chi connectivity index (χ3v) is 5.89. The van der Waals surface area contributed by atoms with Gasteiger partial charge in [-0.3, -0.25) is 4.79 Å². The number of benzene rings is 2. The molecule has 0 aliphatic heterocycles. The van der Waals surface area contributed by atoms with E-state index < -0.39 is 0 Å². The summed E-state index contributed by atoms with van der Waals surface area (Å²) in [5.41, 5.74) is 5.99. The lowest BCUT2D eigenvalue weighted by Gasteiger charge is -2.22. The Bertz CT molecular complexity index is 808. The smallest absolute Gasteiger partial charge is 0.258 e. The highest BCUT2D eigenvalue weighted by Gasteiger charge is 2.16. The maximum Gasteiger partial charge on any atom is 0.258 e. The first-order valence-corrected chi connectivity index (χ1v) is 10.2. The van der Waals surface area contributed by atoms with Gasteiger partial charge in [0, 0.05) is 5.02 Å². The first-order valence-electron chi connectivity index (χ1n) is 9.78. The van der Waals surface area contributed by atoms with Gasteiger partial charge in [-0.05, 0) is 85.9 Å². The summed E-state index contributed by atoms with van der Waals surface area (Å²) in [5, 5.41) is 3.85. The molecule has 1 atom stereocenters. The molecule has 1 N–H and O–H groups in total. The normalized spacial score (nSPS) is 14.4. The number of rotatable bonds is 6. The summed E-state index contributed by atoms with van der Waals surface area (Å²) in [6, 6.07) is 10.4. The second kappa shape index (κ2) is 8.79. The lowest BCUT2D eigenvalue weighted by atomic mass is 9.89. The van der Waals surface area contributed by atoms with E-state index in [4.69, 9.17) is 16.3 Å². The molecule has 0 radical (unpaired) electrons. The molecule has 0 saturated heterocycles. The van der Waals surface area contributed by atoms with Crippen LogP contribution in [0, 0.1) is 13.8 Å². The second-order valence-electron chi connectivity index (χ2n) is 7.42. The van der Waals surface area contributed by atoms with Crippen molar-refractivity contribution in [3.8, 4) is 5.75 Å². The molecule has 0 bridgehead atoms. The van der Waals surface area contributed by atoms with Crippen molar-refractivity contribution in [2.45, 2.75) is 58.9 Å². The van der Waals surface area contributed by atoms with E-state index >= 15 is 0 Å². The van der Waals surface area contributed by atoms with Crippen LogP contribution in [0.15, 0.2) is 30.3 Å². The van der Waals surface area contributed by atoms with Crippen molar-refractivity contribution in [1.29, 1.82) is 0 Å². The zero-order valence-corrected chi connectivity index (χ0v) is 17.2. The molecule has 0 fully saturated rings. The van der Waals surface area contributed by atoms with Gasteiger partial charge >= 0.3 is 0 Å². The zero-order chi connectivity index (χ0) is 19.4. The van der Waals surface area contributed by atoms with Crippen LogP contribution in [0.2, 0.25) is 5.02 Å². The predicted octanol–water partition coefficient (Wildman–Crippen LogP) is 5.48. The summed E-state index contributed by atoms with van der Waals surface area (Å²) in [7, 11) is 0. The first-order chi connectivity index (χ1) is 13.0. The Kier molecular flexibility index (Phi) is 6.43. The number of halogens is 1. The quantitative estimate of drug-likeness (QED) is 0.714. The first kappa shape index (κ1) is 19.8. The van der Waals surface area contributed by atoms with Crippen molar-refractivity contribution >= 4 is 17.5 Å². The SMILES string of the molecule is CC[C@H](NC(=O)COc1cc(C)c(Cl)c(C)c1)c1ccc2c(c1)CCCC2. The van der Waals surface area contributed by atoms with Crippen LogP contribution >= 0.6 is 11.6 Å². The van der Waals surface area contributed by atoms with Crippen molar-refractivity contribution < 1.29 is 9.53 Å². The molecule has 0 saturated carbocycles. The van der Waals surface area contributed by atoms with Crippen LogP contribution < -0.4 is 10.1 Å². The fraction of sp³-hybridized carbons (Fsp3) is 0.435. The van der Waals surface area contributed by atoms with Crippen LogP contribution in [0.4, 0.5) is 0 Å². The minimum atomic E-state index is -0.107. The predicted molar refractivity (Wildman–Crippen MR) is 111 cm³/mol. The van der Waals surface area contributed by atoms with Crippen molar-refractivity contribution in [2.24, 2.45) is 0 Å². The van der Waals surface area contributed by atoms with E-state index in [1.807, 2.05) is 26.0 Å². The van der Waals surface area contributed by atoms with E-state index in [-0.39, 0.29) is 18.6 Å². The zero-order valence-electron chi connectivity index (χ0n) is 16.4. The largest absolute Gasteiger partial charge is 0.484 e. The topological polar surface area (TPSA) is 38.3 Å². The molecule has 0 heterocycles. The van der Waals surface area contributed by atoms with E-state index in [1.54, 1.807) is 0 Å². The van der Waals surface area contributed by atoms with Gasteiger partial charge in [-0.15, -0.1) is 0 Å². The van der Waals surface area contributed by atoms with E-state index in [9.17, 15) is 4.79 Å². The third-order valence-electron chi connectivity index (χ3n) is 5.30. The standard InChI is InChI=1S/C23H28ClNO2/c1-4-21(19-10-9-17-7-5-6-8-18(17)13-19)25-22(26)14-27-20-11-15(2)23(24)16(3)12-20/h9-13,21H,4-8,14H2,1-3H3,(H,25,26)/t21-/m0/s1. The molecule has 2 aromatic carbocycles. The van der Waals surface area contributed by atoms with Crippen LogP contribution in [0.25, 0.3) is 0 Å². The number of ether oxygens (including phenoxy) is 1. The van der Waals surface area contributed by atoms with E-state index in [0.717, 1.165) is 29.0 Å². The van der Waals surface area contributed by atoms with Crippen molar-refractivity contribution in [3.63, 3.8) is 0 Å². The highest BCUT2D eigenvalue weighted by molar-refractivity contribution is 6.32. The number of amides is 1. The van der Waals surface area contributed by atoms with E-state index in [2.05, 4.69) is 30.4 Å². The Hall–Kier alpha value is -2.00. The lowest BCUT2D eigenvalue weighted by Crippen LogP contribution is -2.32. The van der Waals surface area contributed by atoms with Gasteiger partial charge in [-0.1, -0.05) is 36.7 Å². The molecular formula is C23H28ClNO2. The minimum Gasteiger partial charge on any atom is -0.484 e. The van der Waals surface area contributed by atoms with Crippen LogP contribution in [-0.4, -0.2) is 12.5 Å². The Morgan fingerprint density at radius 1 is 1.11 bits per heavy atom. The number of fused-ring (bicyclic) bond motifs is 1. The molecule has 0 spiro atoms. The van der Waals surface area contributed by atoms with Crippen molar-refractivity contribution in [3.05, 3.63) is 63.2 Å². The van der Waals surface area contributed by atoms with Crippen LogP contribution in [0.3, 0.4) is 0 Å². The average Bonchev–Trinajstić information content (AvgIpc) is 2.68. The molecule has 1 aliphatic rings. The summed E-state index contributed by atoms with van der Waals surface area (Å²) in [5.74, 6) is 0.566. The van der Waals surface area contributed by atoms with Crippen LogP contribution in [0.1, 0.15) is 60.0 Å². The highest BCUT2D eigenvalue weighted by atomic mass is 35.5. The van der Waals surface area contributed by atoms with Crippen molar-refractivity contribution in [1.82, 2.24) is 5.32 Å². The molecule has 0 unspecified atom stereocenters. The van der Waals surface area contributed by atoms with Gasteiger partial charge in [0.05, 0.1) is 6.04 Å². The monoisotopic (exact) mass is 385 g/mol. The molecule has 4 heteroatoms. The van der Waals surface area contributed by atoms with Crippen LogP contribution in [-0.2, 0) is 17.6 Å². The van der Waals surface area contributed by atoms with Gasteiger partial charge in [-0.2, -0.15) is 0 Å². The summed E-state index contributed by atoms with van der Waals surface area (Å²) < 4.78 is 5.69. The fourth-order valence-electron chi connectivity index (χ4n) is 3.77. The molecule has 2 aromatic rings. The van der Waals surface area contributed by atoms with Gasteiger partial charge < -0.3 is 10.1 Å². The number of carbonyl (C=O) groups is 1. The maximum atomic E-state index is 12.4. The van der Waals surface area contributed by atoms with Gasteiger partial charge in [0.2, 0.25) is 0 Å². The Balaban J connectivity index is 1.62. The second-order valence-corrected chi connectivity index (χ2v) is 7.80. The summed E-state index contributed by atoms with van der Waals surface area (Å²) in [6.45, 7) is 5.97. The molecular weight excluding hydrogens is 358 g/mol. The summed E-state index contributed by atoms with van der Waals surface area (Å²) >= 11 is 6.18. The van der Waals surface area contributed by atoms with Gasteiger partial charge in [0.25, 0.3) is 5.91 Å². The van der Waals surface area contributed by atoms with Gasteiger partial charge in [0.15, 0.2) is 6.61 Å². The molecule has 1 aliphatic carbocycles. The summed E-state index contributed by atoms with van der Waals surface area (Å²) in [4.78, 5) is 12.4. The number of aryl methyl sites for hydroxylation is 4. The number of hydrogen-bond acceptors (Lipinski definition) is 2. The molecule has 3 rings (SSSR count). The summed E-state index contributed by atoms with van der Waals surface area (Å²) in [6.07, 6.45) is 5.71. The highest BCUT2D eigenvalue weighted by Crippen LogP contribution is 2.27. The third kappa shape index (κ3) is 4.84. The molecule has 0 aromatic heterocycles. The van der Waals surface area contributed by atoms with Crippen LogP contribution in [0.5, 0.6) is 5.75 Å². The lowest BCUT2D eigenvalue weighted by molar-refractivity contribution is -0.123. The fourth-order valence-corrected chi connectivity index (χ4v) is 3.87. The number of nitrogens with one attached hydrogen (secondary N) is 1. The minimum absolute atomic E-state index is 0.00194. The average molecular weight is 386 g/mol. The van der Waals surface area contributed by atoms with Gasteiger partial charge in [0.1, 0.15) is 5.75 Å². The molecule has 1 amide bonds.